The Kier molecular flexibility index (Phi) is 7.53. The minimum Gasteiger partial charge on any atom is -0.505 e. The van der Waals surface area contributed by atoms with Crippen LogP contribution in [0.25, 0.3) is 11.0 Å². The van der Waals surface area contributed by atoms with E-state index < -0.39 is 11.7 Å². The third-order valence-electron chi connectivity index (χ3n) is 7.60. The van der Waals surface area contributed by atoms with Crippen molar-refractivity contribution in [2.24, 2.45) is 0 Å². The van der Waals surface area contributed by atoms with Gasteiger partial charge in [-0.05, 0) is 88.1 Å². The second-order valence-corrected chi connectivity index (χ2v) is 10.3. The first-order chi connectivity index (χ1) is 17.8. The van der Waals surface area contributed by atoms with Crippen LogP contribution < -0.4 is 5.32 Å². The summed E-state index contributed by atoms with van der Waals surface area (Å²) >= 11 is 0. The van der Waals surface area contributed by atoms with Crippen LogP contribution in [0.15, 0.2) is 30.6 Å². The number of fused-ring (bicyclic) bond motifs is 1. The lowest BCUT2D eigenvalue weighted by molar-refractivity contribution is -0.137. The number of phenols is 1. The van der Waals surface area contributed by atoms with Gasteiger partial charge in [0.15, 0.2) is 0 Å². The molecule has 0 radical (unpaired) electrons. The molecule has 2 aliphatic heterocycles. The number of anilines is 2. The number of alkyl halides is 3. The van der Waals surface area contributed by atoms with Crippen molar-refractivity contribution in [1.82, 2.24) is 19.8 Å². The first-order valence-corrected chi connectivity index (χ1v) is 13.2. The molecule has 198 valence electrons. The fourth-order valence-electron chi connectivity index (χ4n) is 5.46. The van der Waals surface area contributed by atoms with Gasteiger partial charge in [-0.3, -0.25) is 19.8 Å². The molecular weight excluding hydrogens is 479 g/mol. The van der Waals surface area contributed by atoms with E-state index >= 15 is 0 Å². The second kappa shape index (κ2) is 10.8. The van der Waals surface area contributed by atoms with Crippen LogP contribution in [0, 0.1) is 6.92 Å². The van der Waals surface area contributed by atoms with Crippen LogP contribution in [0.3, 0.4) is 0 Å². The van der Waals surface area contributed by atoms with Crippen LogP contribution in [0.1, 0.15) is 60.8 Å². The van der Waals surface area contributed by atoms with Crippen molar-refractivity contribution in [3.63, 3.8) is 0 Å². The van der Waals surface area contributed by atoms with Gasteiger partial charge in [-0.25, -0.2) is 0 Å². The van der Waals surface area contributed by atoms with Crippen LogP contribution in [0.4, 0.5) is 24.5 Å². The first kappa shape index (κ1) is 25.7. The molecule has 2 aliphatic rings. The monoisotopic (exact) mass is 513 g/mol. The maximum Gasteiger partial charge on any atom is 0.417 e. The summed E-state index contributed by atoms with van der Waals surface area (Å²) in [6, 6.07) is 4.83. The number of halogens is 3. The molecule has 0 bridgehead atoms. The Morgan fingerprint density at radius 3 is 2.14 bits per heavy atom. The summed E-state index contributed by atoms with van der Waals surface area (Å²) in [7, 11) is 0. The molecule has 1 aromatic carbocycles. The Labute approximate surface area is 215 Å². The van der Waals surface area contributed by atoms with Gasteiger partial charge >= 0.3 is 6.18 Å². The molecular formula is C28H34F3N5O. The summed E-state index contributed by atoms with van der Waals surface area (Å²) < 4.78 is 39.7. The van der Waals surface area contributed by atoms with Gasteiger partial charge < -0.3 is 10.4 Å². The normalized spacial score (nSPS) is 17.8. The Bertz CT molecular complexity index is 1210. The predicted molar refractivity (Wildman–Crippen MR) is 139 cm³/mol. The molecule has 2 aromatic heterocycles. The van der Waals surface area contributed by atoms with E-state index in [-0.39, 0.29) is 11.3 Å². The zero-order valence-electron chi connectivity index (χ0n) is 21.2. The number of aromatic nitrogens is 2. The minimum absolute atomic E-state index is 0.148. The van der Waals surface area contributed by atoms with Crippen LogP contribution in [0.5, 0.6) is 5.75 Å². The predicted octanol–water partition coefficient (Wildman–Crippen LogP) is 6.38. The largest absolute Gasteiger partial charge is 0.505 e. The molecule has 3 aromatic rings. The van der Waals surface area contributed by atoms with Gasteiger partial charge in [0, 0.05) is 31.0 Å². The number of piperidine rings is 2. The highest BCUT2D eigenvalue weighted by molar-refractivity contribution is 5.91. The standard InChI is InChI=1S/C28H34F3N5O/c1-19-20(17-35-10-4-2-5-11-35)14-21(18-36-12-6-3-7-13-36)27(37)25(19)34-23-8-9-32-24-15-22(28(29,30)31)16-33-26(23)24/h8-9,14-16,37H,2-7,10-13,17-18H2,1H3,(H,32,34). The molecule has 9 heteroatoms. The van der Waals surface area contributed by atoms with Gasteiger partial charge in [0.25, 0.3) is 0 Å². The number of phenolic OH excluding ortho intramolecular Hbond substituents is 1. The van der Waals surface area contributed by atoms with Gasteiger partial charge in [0.1, 0.15) is 11.3 Å². The lowest BCUT2D eigenvalue weighted by Crippen LogP contribution is -2.30. The molecule has 5 rings (SSSR count). The van der Waals surface area contributed by atoms with Gasteiger partial charge in [-0.1, -0.05) is 12.8 Å². The van der Waals surface area contributed by atoms with Crippen molar-refractivity contribution in [3.05, 3.63) is 52.8 Å². The van der Waals surface area contributed by atoms with Crippen molar-refractivity contribution in [2.75, 3.05) is 31.5 Å². The number of aromatic hydroxyl groups is 1. The summed E-state index contributed by atoms with van der Waals surface area (Å²) in [5, 5.41) is 14.8. The van der Waals surface area contributed by atoms with Crippen LogP contribution in [-0.2, 0) is 19.3 Å². The van der Waals surface area contributed by atoms with Gasteiger partial charge in [-0.15, -0.1) is 0 Å². The first-order valence-electron chi connectivity index (χ1n) is 13.2. The molecule has 2 saturated heterocycles. The van der Waals surface area contributed by atoms with Crippen molar-refractivity contribution in [1.29, 1.82) is 0 Å². The number of nitrogens with zero attached hydrogens (tertiary/aromatic N) is 4. The number of benzene rings is 1. The molecule has 2 N–H and O–H groups in total. The van der Waals surface area contributed by atoms with E-state index in [0.717, 1.165) is 74.5 Å². The van der Waals surface area contributed by atoms with E-state index in [9.17, 15) is 18.3 Å². The molecule has 0 aliphatic carbocycles. The molecule has 2 fully saturated rings. The average molecular weight is 514 g/mol. The lowest BCUT2D eigenvalue weighted by atomic mass is 9.98. The highest BCUT2D eigenvalue weighted by atomic mass is 19.4. The second-order valence-electron chi connectivity index (χ2n) is 10.3. The van der Waals surface area contributed by atoms with E-state index in [4.69, 9.17) is 0 Å². The zero-order valence-corrected chi connectivity index (χ0v) is 21.2. The highest BCUT2D eigenvalue weighted by Gasteiger charge is 2.31. The summed E-state index contributed by atoms with van der Waals surface area (Å²) in [5.41, 5.74) is 3.68. The molecule has 0 amide bonds. The highest BCUT2D eigenvalue weighted by Crippen LogP contribution is 2.39. The molecule has 0 spiro atoms. The number of likely N-dealkylation sites (tertiary alicyclic amines) is 2. The molecule has 37 heavy (non-hydrogen) atoms. The minimum atomic E-state index is -4.49. The van der Waals surface area contributed by atoms with Crippen LogP contribution in [0.2, 0.25) is 0 Å². The van der Waals surface area contributed by atoms with Gasteiger partial charge in [0.2, 0.25) is 0 Å². The maximum absolute atomic E-state index is 13.2. The Morgan fingerprint density at radius 1 is 0.892 bits per heavy atom. The van der Waals surface area contributed by atoms with Crippen LogP contribution >= 0.6 is 0 Å². The topological polar surface area (TPSA) is 64.5 Å². The summed E-state index contributed by atoms with van der Waals surface area (Å²) in [6.07, 6.45) is 5.00. The average Bonchev–Trinajstić information content (AvgIpc) is 2.90. The number of hydrogen-bond acceptors (Lipinski definition) is 6. The summed E-state index contributed by atoms with van der Waals surface area (Å²) in [6.45, 7) is 7.60. The third-order valence-corrected chi connectivity index (χ3v) is 7.60. The van der Waals surface area contributed by atoms with Crippen molar-refractivity contribution in [3.8, 4) is 5.75 Å². The smallest absolute Gasteiger partial charge is 0.417 e. The molecule has 0 saturated carbocycles. The number of rotatable bonds is 6. The Morgan fingerprint density at radius 2 is 1.51 bits per heavy atom. The number of pyridine rings is 2. The molecule has 0 atom stereocenters. The quantitative estimate of drug-likeness (QED) is 0.373. The fourth-order valence-corrected chi connectivity index (χ4v) is 5.46. The van der Waals surface area contributed by atoms with Crippen molar-refractivity contribution < 1.29 is 18.3 Å². The van der Waals surface area contributed by atoms with Crippen molar-refractivity contribution >= 4 is 22.4 Å². The molecule has 6 nitrogen and oxygen atoms in total. The third kappa shape index (κ3) is 5.83. The molecule has 4 heterocycles. The lowest BCUT2D eigenvalue weighted by Gasteiger charge is -2.30. The maximum atomic E-state index is 13.2. The van der Waals surface area contributed by atoms with Crippen LogP contribution in [-0.4, -0.2) is 51.1 Å². The van der Waals surface area contributed by atoms with Crippen molar-refractivity contribution in [2.45, 2.75) is 64.7 Å². The SMILES string of the molecule is Cc1c(CN2CCCCC2)cc(CN2CCCCC2)c(O)c1Nc1ccnc2cc(C(F)(F)F)cnc12. The fraction of sp³-hybridized carbons (Fsp3) is 0.500. The van der Waals surface area contributed by atoms with E-state index in [2.05, 4.69) is 31.2 Å². The van der Waals surface area contributed by atoms with E-state index in [0.29, 0.717) is 23.4 Å². The number of nitrogens with one attached hydrogen (secondary N) is 1. The Balaban J connectivity index is 1.52. The zero-order chi connectivity index (χ0) is 26.0. The summed E-state index contributed by atoms with van der Waals surface area (Å²) in [4.78, 5) is 13.0. The van der Waals surface area contributed by atoms with E-state index in [1.54, 1.807) is 6.07 Å². The Hall–Kier alpha value is -2.91. The van der Waals surface area contributed by atoms with E-state index in [1.165, 1.54) is 31.9 Å². The van der Waals surface area contributed by atoms with Gasteiger partial charge in [-0.2, -0.15) is 13.2 Å². The van der Waals surface area contributed by atoms with E-state index in [1.807, 2.05) is 6.92 Å². The summed E-state index contributed by atoms with van der Waals surface area (Å²) in [5.74, 6) is 0.183. The number of hydrogen-bond donors (Lipinski definition) is 2. The van der Waals surface area contributed by atoms with Gasteiger partial charge in [0.05, 0.1) is 22.5 Å². The molecule has 0 unspecified atom stereocenters.